The summed E-state index contributed by atoms with van der Waals surface area (Å²) in [5.41, 5.74) is 3.08. The SMILES string of the molecule is COCCNc1ccc(C2=CCN(C(=O)OC(C)(C)C)CC2)cc1C#N. The van der Waals surface area contributed by atoms with Gasteiger partial charge in [-0.15, -0.1) is 0 Å². The minimum atomic E-state index is -0.492. The largest absolute Gasteiger partial charge is 0.444 e. The number of nitrogens with one attached hydrogen (secondary N) is 1. The van der Waals surface area contributed by atoms with E-state index in [4.69, 9.17) is 9.47 Å². The third-order valence-electron chi connectivity index (χ3n) is 3.99. The number of rotatable bonds is 5. The van der Waals surface area contributed by atoms with E-state index in [0.29, 0.717) is 31.8 Å². The summed E-state index contributed by atoms with van der Waals surface area (Å²) in [6.07, 6.45) is 2.48. The average Bonchev–Trinajstić information content (AvgIpc) is 2.61. The molecule has 1 aromatic carbocycles. The molecule has 2 rings (SSSR count). The summed E-state index contributed by atoms with van der Waals surface area (Å²) in [5, 5.41) is 12.6. The van der Waals surface area contributed by atoms with E-state index in [0.717, 1.165) is 23.2 Å². The first-order valence-electron chi connectivity index (χ1n) is 8.78. The van der Waals surface area contributed by atoms with Crippen LogP contribution in [0.15, 0.2) is 24.3 Å². The molecular weight excluding hydrogens is 330 g/mol. The van der Waals surface area contributed by atoms with Crippen molar-refractivity contribution in [1.82, 2.24) is 4.90 Å². The maximum atomic E-state index is 12.1. The predicted octanol–water partition coefficient (Wildman–Crippen LogP) is 3.64. The molecular formula is C20H27N3O3. The van der Waals surface area contributed by atoms with E-state index >= 15 is 0 Å². The Labute approximate surface area is 155 Å². The lowest BCUT2D eigenvalue weighted by Gasteiger charge is -2.29. The third kappa shape index (κ3) is 5.50. The molecule has 6 heteroatoms. The quantitative estimate of drug-likeness (QED) is 0.814. The minimum absolute atomic E-state index is 0.289. The van der Waals surface area contributed by atoms with Crippen LogP contribution in [0.3, 0.4) is 0 Å². The van der Waals surface area contributed by atoms with Crippen molar-refractivity contribution in [1.29, 1.82) is 5.26 Å². The van der Waals surface area contributed by atoms with Crippen LogP contribution >= 0.6 is 0 Å². The van der Waals surface area contributed by atoms with Crippen LogP contribution in [0.5, 0.6) is 0 Å². The number of ether oxygens (including phenoxy) is 2. The lowest BCUT2D eigenvalue weighted by Crippen LogP contribution is -2.39. The Hall–Kier alpha value is -2.52. The monoisotopic (exact) mass is 357 g/mol. The van der Waals surface area contributed by atoms with Crippen LogP contribution in [0.1, 0.15) is 38.3 Å². The van der Waals surface area contributed by atoms with E-state index in [9.17, 15) is 10.1 Å². The molecule has 140 valence electrons. The molecule has 1 heterocycles. The van der Waals surface area contributed by atoms with E-state index in [1.165, 1.54) is 0 Å². The van der Waals surface area contributed by atoms with Crippen molar-refractivity contribution in [2.24, 2.45) is 0 Å². The molecule has 0 radical (unpaired) electrons. The molecule has 0 bridgehead atoms. The second-order valence-electron chi connectivity index (χ2n) is 7.20. The van der Waals surface area contributed by atoms with Crippen molar-refractivity contribution in [2.75, 3.05) is 38.7 Å². The van der Waals surface area contributed by atoms with Gasteiger partial charge in [0.25, 0.3) is 0 Å². The van der Waals surface area contributed by atoms with Gasteiger partial charge in [0.15, 0.2) is 0 Å². The second kappa shape index (κ2) is 8.72. The summed E-state index contributed by atoms with van der Waals surface area (Å²) in [7, 11) is 1.64. The summed E-state index contributed by atoms with van der Waals surface area (Å²) in [5.74, 6) is 0. The van der Waals surface area contributed by atoms with Gasteiger partial charge >= 0.3 is 6.09 Å². The first-order chi connectivity index (χ1) is 12.3. The molecule has 0 aromatic heterocycles. The molecule has 26 heavy (non-hydrogen) atoms. The van der Waals surface area contributed by atoms with Crippen LogP contribution in [-0.4, -0.2) is 49.9 Å². The maximum Gasteiger partial charge on any atom is 0.410 e. The van der Waals surface area contributed by atoms with Gasteiger partial charge in [0.1, 0.15) is 11.7 Å². The van der Waals surface area contributed by atoms with Gasteiger partial charge in [-0.2, -0.15) is 5.26 Å². The summed E-state index contributed by atoms with van der Waals surface area (Å²) < 4.78 is 10.4. The van der Waals surface area contributed by atoms with Gasteiger partial charge < -0.3 is 19.7 Å². The van der Waals surface area contributed by atoms with Crippen LogP contribution in [0.2, 0.25) is 0 Å². The summed E-state index contributed by atoms with van der Waals surface area (Å²) in [6.45, 7) is 7.94. The molecule has 1 amide bonds. The van der Waals surface area contributed by atoms with Crippen LogP contribution in [0, 0.1) is 11.3 Å². The smallest absolute Gasteiger partial charge is 0.410 e. The Morgan fingerprint density at radius 3 is 2.73 bits per heavy atom. The number of methoxy groups -OCH3 is 1. The second-order valence-corrected chi connectivity index (χ2v) is 7.20. The number of hydrogen-bond donors (Lipinski definition) is 1. The van der Waals surface area contributed by atoms with Gasteiger partial charge in [0.2, 0.25) is 0 Å². The zero-order valence-electron chi connectivity index (χ0n) is 16.0. The molecule has 0 fully saturated rings. The van der Waals surface area contributed by atoms with Crippen molar-refractivity contribution in [3.63, 3.8) is 0 Å². The van der Waals surface area contributed by atoms with Crippen LogP contribution in [-0.2, 0) is 9.47 Å². The van der Waals surface area contributed by atoms with Gasteiger partial charge in [0, 0.05) is 26.7 Å². The first-order valence-corrected chi connectivity index (χ1v) is 8.78. The first kappa shape index (κ1) is 19.8. The number of carbonyl (C=O) groups is 1. The Bertz CT molecular complexity index is 714. The van der Waals surface area contributed by atoms with Crippen molar-refractivity contribution in [3.05, 3.63) is 35.4 Å². The number of anilines is 1. The maximum absolute atomic E-state index is 12.1. The number of benzene rings is 1. The lowest BCUT2D eigenvalue weighted by molar-refractivity contribution is 0.0270. The van der Waals surface area contributed by atoms with Crippen molar-refractivity contribution in [3.8, 4) is 6.07 Å². The highest BCUT2D eigenvalue weighted by molar-refractivity contribution is 5.74. The molecule has 0 spiro atoms. The standard InChI is InChI=1S/C20H27N3O3/c1-20(2,3)26-19(24)23-10-7-15(8-11-23)16-5-6-18(17(13-16)14-21)22-9-12-25-4/h5-7,13,22H,8-12H2,1-4H3. The molecule has 6 nitrogen and oxygen atoms in total. The fourth-order valence-corrected chi connectivity index (χ4v) is 2.70. The van der Waals surface area contributed by atoms with E-state index in [-0.39, 0.29) is 6.09 Å². The van der Waals surface area contributed by atoms with E-state index in [2.05, 4.69) is 11.4 Å². The fraction of sp³-hybridized carbons (Fsp3) is 0.500. The van der Waals surface area contributed by atoms with Crippen LogP contribution in [0.4, 0.5) is 10.5 Å². The summed E-state index contributed by atoms with van der Waals surface area (Å²) >= 11 is 0. The topological polar surface area (TPSA) is 74.6 Å². The number of amides is 1. The highest BCUT2D eigenvalue weighted by Crippen LogP contribution is 2.27. The molecule has 0 aliphatic carbocycles. The number of carbonyl (C=O) groups excluding carboxylic acids is 1. The number of nitriles is 1. The molecule has 0 unspecified atom stereocenters. The molecule has 1 aliphatic rings. The zero-order valence-corrected chi connectivity index (χ0v) is 16.0. The average molecular weight is 357 g/mol. The third-order valence-corrected chi connectivity index (χ3v) is 3.99. The fourth-order valence-electron chi connectivity index (χ4n) is 2.70. The highest BCUT2D eigenvalue weighted by atomic mass is 16.6. The Morgan fingerprint density at radius 1 is 1.38 bits per heavy atom. The summed E-state index contributed by atoms with van der Waals surface area (Å²) in [4.78, 5) is 13.8. The van der Waals surface area contributed by atoms with Gasteiger partial charge in [-0.05, 0) is 50.5 Å². The molecule has 1 aromatic rings. The highest BCUT2D eigenvalue weighted by Gasteiger charge is 2.24. The lowest BCUT2D eigenvalue weighted by atomic mass is 9.97. The molecule has 1 N–H and O–H groups in total. The van der Waals surface area contributed by atoms with Crippen molar-refractivity contribution < 1.29 is 14.3 Å². The molecule has 0 atom stereocenters. The van der Waals surface area contributed by atoms with Gasteiger partial charge in [-0.1, -0.05) is 12.1 Å². The van der Waals surface area contributed by atoms with Crippen molar-refractivity contribution >= 4 is 17.4 Å². The molecule has 0 saturated carbocycles. The number of nitrogens with zero attached hydrogens (tertiary/aromatic N) is 2. The van der Waals surface area contributed by atoms with Gasteiger partial charge in [0.05, 0.1) is 17.9 Å². The number of hydrogen-bond acceptors (Lipinski definition) is 5. The normalized spacial score (nSPS) is 14.4. The Morgan fingerprint density at radius 2 is 2.15 bits per heavy atom. The van der Waals surface area contributed by atoms with Gasteiger partial charge in [-0.25, -0.2) is 4.79 Å². The summed E-state index contributed by atoms with van der Waals surface area (Å²) in [6, 6.07) is 8.06. The van der Waals surface area contributed by atoms with E-state index in [1.54, 1.807) is 12.0 Å². The minimum Gasteiger partial charge on any atom is -0.444 e. The van der Waals surface area contributed by atoms with Crippen LogP contribution in [0.25, 0.3) is 5.57 Å². The molecule has 1 aliphatic heterocycles. The van der Waals surface area contributed by atoms with Gasteiger partial charge in [-0.3, -0.25) is 0 Å². The van der Waals surface area contributed by atoms with Crippen molar-refractivity contribution in [2.45, 2.75) is 32.8 Å². The van der Waals surface area contributed by atoms with E-state index < -0.39 is 5.60 Å². The molecule has 0 saturated heterocycles. The van der Waals surface area contributed by atoms with Crippen LogP contribution < -0.4 is 5.32 Å². The Balaban J connectivity index is 2.06. The Kier molecular flexibility index (Phi) is 6.64. The zero-order chi connectivity index (χ0) is 19.2. The predicted molar refractivity (Wildman–Crippen MR) is 102 cm³/mol. The van der Waals surface area contributed by atoms with E-state index in [1.807, 2.05) is 45.0 Å².